The van der Waals surface area contributed by atoms with Gasteiger partial charge in [0.25, 0.3) is 0 Å². The van der Waals surface area contributed by atoms with Crippen molar-refractivity contribution in [1.82, 2.24) is 4.90 Å². The highest BCUT2D eigenvalue weighted by atomic mass is 16.5. The van der Waals surface area contributed by atoms with Gasteiger partial charge in [-0.15, -0.1) is 0 Å². The number of ether oxygens (including phenoxy) is 3. The molecule has 0 radical (unpaired) electrons. The minimum atomic E-state index is -0.00361. The maximum atomic E-state index is 12.0. The van der Waals surface area contributed by atoms with E-state index in [0.717, 1.165) is 12.8 Å². The van der Waals surface area contributed by atoms with Gasteiger partial charge in [-0.1, -0.05) is 0 Å². The number of carbonyl (C=O) groups excluding carboxylic acids is 1. The molecule has 1 aliphatic heterocycles. The number of nitrogens with two attached hydrogens (primary N) is 1. The fraction of sp³-hybridized carbons (Fsp3) is 0.917. The second-order valence-electron chi connectivity index (χ2n) is 4.40. The summed E-state index contributed by atoms with van der Waals surface area (Å²) in [5.74, 6) is -0.00361. The molecule has 1 rings (SSSR count). The molecule has 0 bridgehead atoms. The SMILES string of the molecule is COCCOCC(=O)N1CCC(OC)CC1CN. The summed E-state index contributed by atoms with van der Waals surface area (Å²) in [6.45, 7) is 2.18. The van der Waals surface area contributed by atoms with Gasteiger partial charge in [0, 0.05) is 33.4 Å². The van der Waals surface area contributed by atoms with E-state index in [1.54, 1.807) is 14.2 Å². The van der Waals surface area contributed by atoms with Gasteiger partial charge in [-0.2, -0.15) is 0 Å². The minimum Gasteiger partial charge on any atom is -0.382 e. The van der Waals surface area contributed by atoms with Crippen LogP contribution in [0, 0.1) is 0 Å². The summed E-state index contributed by atoms with van der Waals surface area (Å²) in [7, 11) is 3.30. The maximum Gasteiger partial charge on any atom is 0.248 e. The number of hydrogen-bond donors (Lipinski definition) is 1. The molecule has 1 aliphatic rings. The Morgan fingerprint density at radius 1 is 1.39 bits per heavy atom. The predicted octanol–water partition coefficient (Wildman–Crippen LogP) is -0.386. The van der Waals surface area contributed by atoms with Crippen LogP contribution in [0.5, 0.6) is 0 Å². The van der Waals surface area contributed by atoms with Crippen LogP contribution in [-0.4, -0.2) is 70.1 Å². The molecule has 2 unspecified atom stereocenters. The Kier molecular flexibility index (Phi) is 7.19. The molecule has 0 aromatic carbocycles. The van der Waals surface area contributed by atoms with Crippen molar-refractivity contribution in [2.24, 2.45) is 5.73 Å². The Hall–Kier alpha value is -0.690. The van der Waals surface area contributed by atoms with E-state index in [2.05, 4.69) is 0 Å². The van der Waals surface area contributed by atoms with Gasteiger partial charge < -0.3 is 24.8 Å². The van der Waals surface area contributed by atoms with Crippen LogP contribution in [0.15, 0.2) is 0 Å². The topological polar surface area (TPSA) is 74.0 Å². The molecule has 0 aromatic heterocycles. The zero-order chi connectivity index (χ0) is 13.4. The third-order valence-corrected chi connectivity index (χ3v) is 3.25. The molecule has 0 aromatic rings. The van der Waals surface area contributed by atoms with Crippen LogP contribution in [-0.2, 0) is 19.0 Å². The summed E-state index contributed by atoms with van der Waals surface area (Å²) < 4.78 is 15.4. The molecule has 0 saturated carbocycles. The molecule has 0 aliphatic carbocycles. The lowest BCUT2D eigenvalue weighted by atomic mass is 9.99. The van der Waals surface area contributed by atoms with Gasteiger partial charge in [-0.25, -0.2) is 0 Å². The normalized spacial score (nSPS) is 24.3. The zero-order valence-corrected chi connectivity index (χ0v) is 11.3. The van der Waals surface area contributed by atoms with Crippen molar-refractivity contribution in [1.29, 1.82) is 0 Å². The largest absolute Gasteiger partial charge is 0.382 e. The number of methoxy groups -OCH3 is 2. The first-order valence-electron chi connectivity index (χ1n) is 6.32. The van der Waals surface area contributed by atoms with Crippen LogP contribution in [0.2, 0.25) is 0 Å². The monoisotopic (exact) mass is 260 g/mol. The number of nitrogens with zero attached hydrogens (tertiary/aromatic N) is 1. The van der Waals surface area contributed by atoms with E-state index in [-0.39, 0.29) is 24.7 Å². The summed E-state index contributed by atoms with van der Waals surface area (Å²) in [5.41, 5.74) is 5.71. The van der Waals surface area contributed by atoms with Crippen molar-refractivity contribution >= 4 is 5.91 Å². The van der Waals surface area contributed by atoms with E-state index in [1.807, 2.05) is 4.90 Å². The Bertz CT molecular complexity index is 250. The van der Waals surface area contributed by atoms with Crippen LogP contribution in [0.3, 0.4) is 0 Å². The number of amides is 1. The predicted molar refractivity (Wildman–Crippen MR) is 67.3 cm³/mol. The summed E-state index contributed by atoms with van der Waals surface area (Å²) >= 11 is 0. The van der Waals surface area contributed by atoms with Gasteiger partial charge in [-0.05, 0) is 12.8 Å². The van der Waals surface area contributed by atoms with Crippen LogP contribution in [0.1, 0.15) is 12.8 Å². The molecule has 1 fully saturated rings. The van der Waals surface area contributed by atoms with Gasteiger partial charge in [0.15, 0.2) is 0 Å². The molecule has 1 heterocycles. The average molecular weight is 260 g/mol. The number of likely N-dealkylation sites (tertiary alicyclic amines) is 1. The Morgan fingerprint density at radius 2 is 2.17 bits per heavy atom. The highest BCUT2D eigenvalue weighted by Crippen LogP contribution is 2.19. The number of hydrogen-bond acceptors (Lipinski definition) is 5. The second kappa shape index (κ2) is 8.42. The molecular weight excluding hydrogens is 236 g/mol. The van der Waals surface area contributed by atoms with Crippen LogP contribution in [0.25, 0.3) is 0 Å². The lowest BCUT2D eigenvalue weighted by Crippen LogP contribution is -2.52. The van der Waals surface area contributed by atoms with Gasteiger partial charge in [0.05, 0.1) is 19.3 Å². The molecule has 1 saturated heterocycles. The molecule has 6 heteroatoms. The first-order valence-corrected chi connectivity index (χ1v) is 6.32. The third kappa shape index (κ3) is 4.53. The second-order valence-corrected chi connectivity index (χ2v) is 4.40. The smallest absolute Gasteiger partial charge is 0.248 e. The van der Waals surface area contributed by atoms with Gasteiger partial charge >= 0.3 is 0 Å². The van der Waals surface area contributed by atoms with Crippen molar-refractivity contribution in [3.63, 3.8) is 0 Å². The summed E-state index contributed by atoms with van der Waals surface area (Å²) in [6.07, 6.45) is 1.87. The van der Waals surface area contributed by atoms with Gasteiger partial charge in [0.1, 0.15) is 6.61 Å². The lowest BCUT2D eigenvalue weighted by molar-refractivity contribution is -0.142. The molecule has 106 valence electrons. The number of carbonyl (C=O) groups is 1. The molecule has 0 spiro atoms. The van der Waals surface area contributed by atoms with Gasteiger partial charge in [-0.3, -0.25) is 4.79 Å². The Labute approximate surface area is 108 Å². The fourth-order valence-electron chi connectivity index (χ4n) is 2.16. The first-order chi connectivity index (χ1) is 8.72. The zero-order valence-electron chi connectivity index (χ0n) is 11.3. The summed E-state index contributed by atoms with van der Waals surface area (Å²) in [5, 5.41) is 0. The van der Waals surface area contributed by atoms with Crippen molar-refractivity contribution < 1.29 is 19.0 Å². The summed E-state index contributed by atoms with van der Waals surface area (Å²) in [4.78, 5) is 13.8. The molecular formula is C12H24N2O4. The van der Waals surface area contributed by atoms with E-state index in [1.165, 1.54) is 0 Å². The van der Waals surface area contributed by atoms with E-state index in [9.17, 15) is 4.79 Å². The molecule has 6 nitrogen and oxygen atoms in total. The van der Waals surface area contributed by atoms with E-state index < -0.39 is 0 Å². The third-order valence-electron chi connectivity index (χ3n) is 3.25. The standard InChI is InChI=1S/C12H24N2O4/c1-16-5-6-18-9-12(15)14-4-3-11(17-2)7-10(14)8-13/h10-11H,3-9,13H2,1-2H3. The van der Waals surface area contributed by atoms with E-state index >= 15 is 0 Å². The van der Waals surface area contributed by atoms with E-state index in [4.69, 9.17) is 19.9 Å². The summed E-state index contributed by atoms with van der Waals surface area (Å²) in [6, 6.07) is 0.0576. The molecule has 2 atom stereocenters. The van der Waals surface area contributed by atoms with Crippen molar-refractivity contribution in [2.75, 3.05) is 47.1 Å². The van der Waals surface area contributed by atoms with Crippen LogP contribution >= 0.6 is 0 Å². The van der Waals surface area contributed by atoms with E-state index in [0.29, 0.717) is 26.3 Å². The first kappa shape index (κ1) is 15.4. The minimum absolute atomic E-state index is 0.00361. The van der Waals surface area contributed by atoms with Crippen molar-refractivity contribution in [3.8, 4) is 0 Å². The Morgan fingerprint density at radius 3 is 2.78 bits per heavy atom. The quantitative estimate of drug-likeness (QED) is 0.631. The number of piperidine rings is 1. The van der Waals surface area contributed by atoms with Gasteiger partial charge in [0.2, 0.25) is 5.91 Å². The highest BCUT2D eigenvalue weighted by Gasteiger charge is 2.30. The molecule has 18 heavy (non-hydrogen) atoms. The van der Waals surface area contributed by atoms with Crippen molar-refractivity contribution in [3.05, 3.63) is 0 Å². The average Bonchev–Trinajstić information content (AvgIpc) is 2.42. The maximum absolute atomic E-state index is 12.0. The number of rotatable bonds is 7. The fourth-order valence-corrected chi connectivity index (χ4v) is 2.16. The Balaban J connectivity index is 2.36. The molecule has 1 amide bonds. The lowest BCUT2D eigenvalue weighted by Gasteiger charge is -2.38. The van der Waals surface area contributed by atoms with Crippen LogP contribution in [0.4, 0.5) is 0 Å². The van der Waals surface area contributed by atoms with Crippen molar-refractivity contribution in [2.45, 2.75) is 25.0 Å². The van der Waals surface area contributed by atoms with Crippen LogP contribution < -0.4 is 5.73 Å². The highest BCUT2D eigenvalue weighted by molar-refractivity contribution is 5.78. The molecule has 2 N–H and O–H groups in total.